The Balaban J connectivity index is 1.52. The van der Waals surface area contributed by atoms with Crippen LogP contribution in [0.25, 0.3) is 10.9 Å². The monoisotopic (exact) mass is 451 g/mol. The summed E-state index contributed by atoms with van der Waals surface area (Å²) in [6, 6.07) is 2.36. The molecular formula is C19H22FN5O5S. The molecular weight excluding hydrogens is 429 g/mol. The van der Waals surface area contributed by atoms with E-state index in [1.54, 1.807) is 0 Å². The highest BCUT2D eigenvalue weighted by atomic mass is 32.2. The number of ketones is 1. The van der Waals surface area contributed by atoms with E-state index in [-0.39, 0.29) is 48.2 Å². The number of carbonyl (C=O) groups excluding carboxylic acids is 3. The number of carbonyl (C=O) groups is 3. The van der Waals surface area contributed by atoms with Gasteiger partial charge in [-0.1, -0.05) is 0 Å². The molecule has 0 saturated carbocycles. The predicted octanol–water partition coefficient (Wildman–Crippen LogP) is -0.0560. The Hall–Kier alpha value is -2.83. The number of benzene rings is 1. The number of Topliss-reactive ketones (excluding diaryl/α,β-unsaturated/α-hetero) is 1. The molecule has 0 unspecified atom stereocenters. The molecule has 2 aliphatic rings. The maximum atomic E-state index is 14.5. The highest BCUT2D eigenvalue weighted by Crippen LogP contribution is 2.26. The Morgan fingerprint density at radius 2 is 1.65 bits per heavy atom. The quantitative estimate of drug-likeness (QED) is 0.487. The SMILES string of the molecule is CNC(=O)c1ccc(F)c2c(C(=O)C(=O)N3CCN(S(=O)(=O)N4CCC4)CC3)c[nH]c12. The molecule has 2 aliphatic heterocycles. The van der Waals surface area contributed by atoms with E-state index in [0.29, 0.717) is 13.1 Å². The number of piperazine rings is 1. The average Bonchev–Trinajstić information content (AvgIpc) is 3.17. The van der Waals surface area contributed by atoms with E-state index in [1.165, 1.54) is 32.8 Å². The minimum Gasteiger partial charge on any atom is -0.360 e. The van der Waals surface area contributed by atoms with E-state index in [2.05, 4.69) is 10.3 Å². The van der Waals surface area contributed by atoms with Crippen LogP contribution >= 0.6 is 0 Å². The van der Waals surface area contributed by atoms with Crippen molar-refractivity contribution < 1.29 is 27.2 Å². The topological polar surface area (TPSA) is 123 Å². The molecule has 0 radical (unpaired) electrons. The fourth-order valence-electron chi connectivity index (χ4n) is 3.77. The van der Waals surface area contributed by atoms with E-state index in [4.69, 9.17) is 0 Å². The summed E-state index contributed by atoms with van der Waals surface area (Å²) in [5.41, 5.74) is 0.107. The lowest BCUT2D eigenvalue weighted by Crippen LogP contribution is -2.57. The fraction of sp³-hybridized carbons (Fsp3) is 0.421. The molecule has 10 nitrogen and oxygen atoms in total. The first-order valence-electron chi connectivity index (χ1n) is 9.86. The van der Waals surface area contributed by atoms with Crippen LogP contribution in [0.4, 0.5) is 4.39 Å². The van der Waals surface area contributed by atoms with Crippen molar-refractivity contribution in [2.45, 2.75) is 6.42 Å². The zero-order valence-corrected chi connectivity index (χ0v) is 17.7. The number of halogens is 1. The summed E-state index contributed by atoms with van der Waals surface area (Å²) in [4.78, 5) is 41.6. The van der Waals surface area contributed by atoms with Crippen LogP contribution in [-0.4, -0.2) is 90.8 Å². The van der Waals surface area contributed by atoms with Crippen molar-refractivity contribution in [3.63, 3.8) is 0 Å². The van der Waals surface area contributed by atoms with Gasteiger partial charge in [-0.25, -0.2) is 4.39 Å². The Bertz CT molecular complexity index is 1170. The molecule has 2 N–H and O–H groups in total. The van der Waals surface area contributed by atoms with Gasteiger partial charge in [0.25, 0.3) is 27.8 Å². The van der Waals surface area contributed by atoms with Crippen LogP contribution < -0.4 is 5.32 Å². The summed E-state index contributed by atoms with van der Waals surface area (Å²) in [6.45, 7) is 1.27. The zero-order chi connectivity index (χ0) is 22.3. The van der Waals surface area contributed by atoms with Crippen molar-refractivity contribution in [3.05, 3.63) is 35.3 Å². The third-order valence-corrected chi connectivity index (χ3v) is 7.72. The maximum absolute atomic E-state index is 14.5. The van der Waals surface area contributed by atoms with Crippen LogP contribution in [0.15, 0.2) is 18.3 Å². The smallest absolute Gasteiger partial charge is 0.295 e. The highest BCUT2D eigenvalue weighted by molar-refractivity contribution is 7.86. The van der Waals surface area contributed by atoms with Gasteiger partial charge in [-0.05, 0) is 18.6 Å². The van der Waals surface area contributed by atoms with Gasteiger partial charge in [-0.15, -0.1) is 0 Å². The van der Waals surface area contributed by atoms with E-state index in [0.717, 1.165) is 12.5 Å². The Morgan fingerprint density at radius 1 is 1.00 bits per heavy atom. The van der Waals surface area contributed by atoms with Gasteiger partial charge in [-0.3, -0.25) is 14.4 Å². The molecule has 12 heteroatoms. The molecule has 166 valence electrons. The van der Waals surface area contributed by atoms with Gasteiger partial charge in [0.05, 0.1) is 16.6 Å². The molecule has 1 aromatic carbocycles. The third-order valence-electron chi connectivity index (χ3n) is 5.69. The van der Waals surface area contributed by atoms with Gasteiger partial charge in [0, 0.05) is 57.9 Å². The largest absolute Gasteiger partial charge is 0.360 e. The summed E-state index contributed by atoms with van der Waals surface area (Å²) in [5, 5.41) is 2.31. The molecule has 4 rings (SSSR count). The Labute approximate surface area is 178 Å². The minimum atomic E-state index is -3.54. The van der Waals surface area contributed by atoms with E-state index in [1.807, 2.05) is 0 Å². The maximum Gasteiger partial charge on any atom is 0.295 e. The fourth-order valence-corrected chi connectivity index (χ4v) is 5.44. The number of hydrogen-bond donors (Lipinski definition) is 2. The first-order valence-corrected chi connectivity index (χ1v) is 11.3. The number of amides is 2. The van der Waals surface area contributed by atoms with Gasteiger partial charge in [0.1, 0.15) is 5.82 Å². The number of nitrogens with one attached hydrogen (secondary N) is 2. The zero-order valence-electron chi connectivity index (χ0n) is 16.9. The number of aromatic nitrogens is 1. The van der Waals surface area contributed by atoms with Crippen molar-refractivity contribution >= 4 is 38.7 Å². The van der Waals surface area contributed by atoms with Crippen LogP contribution in [-0.2, 0) is 15.0 Å². The van der Waals surface area contributed by atoms with Crippen molar-refractivity contribution in [2.24, 2.45) is 0 Å². The number of H-pyrrole nitrogens is 1. The van der Waals surface area contributed by atoms with Crippen LogP contribution in [0.2, 0.25) is 0 Å². The summed E-state index contributed by atoms with van der Waals surface area (Å²) in [7, 11) is -2.11. The first-order chi connectivity index (χ1) is 14.8. The van der Waals surface area contributed by atoms with Crippen LogP contribution in [0.1, 0.15) is 27.1 Å². The van der Waals surface area contributed by atoms with Crippen LogP contribution in [0.5, 0.6) is 0 Å². The lowest BCUT2D eigenvalue weighted by Gasteiger charge is -2.39. The van der Waals surface area contributed by atoms with E-state index in [9.17, 15) is 27.2 Å². The molecule has 2 fully saturated rings. The Kier molecular flexibility index (Phi) is 5.54. The molecule has 0 spiro atoms. The van der Waals surface area contributed by atoms with Gasteiger partial charge in [0.15, 0.2) is 0 Å². The molecule has 2 amide bonds. The van der Waals surface area contributed by atoms with Crippen molar-refractivity contribution in [2.75, 3.05) is 46.3 Å². The molecule has 3 heterocycles. The second-order valence-corrected chi connectivity index (χ2v) is 9.34. The summed E-state index contributed by atoms with van der Waals surface area (Å²) in [6.07, 6.45) is 2.04. The second-order valence-electron chi connectivity index (χ2n) is 7.41. The molecule has 0 atom stereocenters. The van der Waals surface area contributed by atoms with Gasteiger partial charge < -0.3 is 15.2 Å². The highest BCUT2D eigenvalue weighted by Gasteiger charge is 2.37. The number of aromatic amines is 1. The van der Waals surface area contributed by atoms with Gasteiger partial charge >= 0.3 is 0 Å². The first kappa shape index (κ1) is 21.4. The number of rotatable bonds is 5. The number of fused-ring (bicyclic) bond motifs is 1. The molecule has 0 bridgehead atoms. The van der Waals surface area contributed by atoms with Crippen LogP contribution in [0, 0.1) is 5.82 Å². The molecule has 31 heavy (non-hydrogen) atoms. The molecule has 2 aromatic rings. The Morgan fingerprint density at radius 3 is 2.23 bits per heavy atom. The standard InChI is InChI=1S/C19H22FN5O5S/c1-21-18(27)12-3-4-14(20)15-13(11-22-16(12)15)17(26)19(28)23-7-9-25(10-8-23)31(29,30)24-5-2-6-24/h3-4,11,22H,2,5-10H2,1H3,(H,21,27). The average molecular weight is 451 g/mol. The van der Waals surface area contributed by atoms with Gasteiger partial charge in [0.2, 0.25) is 0 Å². The molecule has 0 aliphatic carbocycles. The summed E-state index contributed by atoms with van der Waals surface area (Å²) < 4.78 is 42.1. The molecule has 2 saturated heterocycles. The van der Waals surface area contributed by atoms with Gasteiger partial charge in [-0.2, -0.15) is 17.0 Å². The van der Waals surface area contributed by atoms with E-state index < -0.39 is 33.6 Å². The van der Waals surface area contributed by atoms with Crippen LogP contribution in [0.3, 0.4) is 0 Å². The van der Waals surface area contributed by atoms with E-state index >= 15 is 0 Å². The number of hydrogen-bond acceptors (Lipinski definition) is 5. The second kappa shape index (κ2) is 8.02. The van der Waals surface area contributed by atoms with Crippen molar-refractivity contribution in [1.29, 1.82) is 0 Å². The lowest BCUT2D eigenvalue weighted by atomic mass is 10.0. The normalized spacial score (nSPS) is 18.1. The predicted molar refractivity (Wildman–Crippen MR) is 109 cm³/mol. The number of nitrogens with zero attached hydrogens (tertiary/aromatic N) is 3. The van der Waals surface area contributed by atoms with Crippen molar-refractivity contribution in [1.82, 2.24) is 23.8 Å². The van der Waals surface area contributed by atoms with Crippen molar-refractivity contribution in [3.8, 4) is 0 Å². The summed E-state index contributed by atoms with van der Waals surface area (Å²) in [5.74, 6) is -2.95. The molecule has 1 aromatic heterocycles. The minimum absolute atomic E-state index is 0.0615. The lowest BCUT2D eigenvalue weighted by molar-refractivity contribution is -0.127. The third kappa shape index (κ3) is 3.60. The summed E-state index contributed by atoms with van der Waals surface area (Å²) >= 11 is 0.